The summed E-state index contributed by atoms with van der Waals surface area (Å²) in [7, 11) is 0. The molecule has 0 saturated carbocycles. The Kier molecular flexibility index (Phi) is 4.61. The van der Waals surface area contributed by atoms with E-state index in [0.717, 1.165) is 37.6 Å². The maximum absolute atomic E-state index is 5.76. The van der Waals surface area contributed by atoms with E-state index in [9.17, 15) is 0 Å². The SMILES string of the molecule is c1ccc(-c2nnc(CNc3ccccc3N3CCOCC3)o2)cc1. The standard InChI is InChI=1S/C19H20N4O2/c1-2-6-15(7-3-1)19-22-21-18(25-19)14-20-16-8-4-5-9-17(16)23-10-12-24-13-11-23/h1-9,20H,10-14H2. The highest BCUT2D eigenvalue weighted by molar-refractivity contribution is 5.70. The van der Waals surface area contributed by atoms with Gasteiger partial charge < -0.3 is 19.4 Å². The third kappa shape index (κ3) is 3.64. The number of ether oxygens (including phenoxy) is 1. The Bertz CT molecular complexity index is 813. The number of para-hydroxylation sites is 2. The zero-order chi connectivity index (χ0) is 16.9. The Morgan fingerprint density at radius 2 is 1.68 bits per heavy atom. The number of rotatable bonds is 5. The van der Waals surface area contributed by atoms with Gasteiger partial charge >= 0.3 is 0 Å². The van der Waals surface area contributed by atoms with Gasteiger partial charge in [0.2, 0.25) is 11.8 Å². The molecule has 1 N–H and O–H groups in total. The third-order valence-corrected chi connectivity index (χ3v) is 4.17. The molecule has 0 atom stereocenters. The molecule has 0 unspecified atom stereocenters. The molecule has 1 aliphatic heterocycles. The molecule has 1 aliphatic rings. The molecule has 0 bridgehead atoms. The van der Waals surface area contributed by atoms with Crippen molar-refractivity contribution in [3.05, 3.63) is 60.5 Å². The summed E-state index contributed by atoms with van der Waals surface area (Å²) in [5, 5.41) is 11.7. The molecule has 0 aliphatic carbocycles. The van der Waals surface area contributed by atoms with Gasteiger partial charge in [-0.1, -0.05) is 30.3 Å². The molecular weight excluding hydrogens is 316 g/mol. The second kappa shape index (κ2) is 7.36. The van der Waals surface area contributed by atoms with Crippen molar-refractivity contribution in [3.63, 3.8) is 0 Å². The molecule has 1 aromatic heterocycles. The quantitative estimate of drug-likeness (QED) is 0.772. The predicted molar refractivity (Wildman–Crippen MR) is 96.5 cm³/mol. The molecule has 2 aromatic carbocycles. The predicted octanol–water partition coefficient (Wildman–Crippen LogP) is 3.19. The number of hydrogen-bond donors (Lipinski definition) is 1. The average molecular weight is 336 g/mol. The average Bonchev–Trinajstić information content (AvgIpc) is 3.17. The molecule has 1 fully saturated rings. The molecule has 0 spiro atoms. The van der Waals surface area contributed by atoms with Crippen LogP contribution in [-0.2, 0) is 11.3 Å². The van der Waals surface area contributed by atoms with Crippen LogP contribution in [0.4, 0.5) is 11.4 Å². The van der Waals surface area contributed by atoms with E-state index in [1.807, 2.05) is 36.4 Å². The topological polar surface area (TPSA) is 63.4 Å². The smallest absolute Gasteiger partial charge is 0.247 e. The molecule has 6 nitrogen and oxygen atoms in total. The zero-order valence-corrected chi connectivity index (χ0v) is 13.9. The van der Waals surface area contributed by atoms with Crippen molar-refractivity contribution in [3.8, 4) is 11.5 Å². The maximum atomic E-state index is 5.76. The van der Waals surface area contributed by atoms with E-state index in [-0.39, 0.29) is 0 Å². The zero-order valence-electron chi connectivity index (χ0n) is 13.9. The van der Waals surface area contributed by atoms with Gasteiger partial charge in [-0.25, -0.2) is 0 Å². The minimum Gasteiger partial charge on any atom is -0.419 e. The van der Waals surface area contributed by atoms with Crippen molar-refractivity contribution < 1.29 is 9.15 Å². The maximum Gasteiger partial charge on any atom is 0.247 e. The van der Waals surface area contributed by atoms with Crippen LogP contribution in [0.3, 0.4) is 0 Å². The summed E-state index contributed by atoms with van der Waals surface area (Å²) in [6, 6.07) is 18.1. The van der Waals surface area contributed by atoms with Crippen LogP contribution in [0.1, 0.15) is 5.89 Å². The minimum absolute atomic E-state index is 0.487. The van der Waals surface area contributed by atoms with Gasteiger partial charge in [0.05, 0.1) is 31.1 Å². The van der Waals surface area contributed by atoms with Gasteiger partial charge in [-0.2, -0.15) is 0 Å². The highest BCUT2D eigenvalue weighted by Gasteiger charge is 2.15. The van der Waals surface area contributed by atoms with E-state index in [2.05, 4.69) is 38.6 Å². The van der Waals surface area contributed by atoms with Crippen molar-refractivity contribution >= 4 is 11.4 Å². The first-order valence-corrected chi connectivity index (χ1v) is 8.43. The highest BCUT2D eigenvalue weighted by Crippen LogP contribution is 2.27. The third-order valence-electron chi connectivity index (χ3n) is 4.17. The minimum atomic E-state index is 0.487. The molecule has 0 amide bonds. The van der Waals surface area contributed by atoms with Gasteiger partial charge in [-0.05, 0) is 24.3 Å². The van der Waals surface area contributed by atoms with Gasteiger partial charge in [0, 0.05) is 18.7 Å². The monoisotopic (exact) mass is 336 g/mol. The van der Waals surface area contributed by atoms with Crippen LogP contribution in [-0.4, -0.2) is 36.5 Å². The van der Waals surface area contributed by atoms with Crippen molar-refractivity contribution in [2.45, 2.75) is 6.54 Å². The molecule has 4 rings (SSSR count). The summed E-state index contributed by atoms with van der Waals surface area (Å²) < 4.78 is 11.2. The Balaban J connectivity index is 1.46. The van der Waals surface area contributed by atoms with Crippen molar-refractivity contribution in [2.75, 3.05) is 36.5 Å². The van der Waals surface area contributed by atoms with Crippen LogP contribution in [0.25, 0.3) is 11.5 Å². The van der Waals surface area contributed by atoms with E-state index in [4.69, 9.17) is 9.15 Å². The van der Waals surface area contributed by atoms with Gasteiger partial charge in [0.25, 0.3) is 0 Å². The second-order valence-corrected chi connectivity index (χ2v) is 5.84. The fraction of sp³-hybridized carbons (Fsp3) is 0.263. The number of benzene rings is 2. The molecule has 3 aromatic rings. The number of nitrogens with zero attached hydrogens (tertiary/aromatic N) is 3. The van der Waals surface area contributed by atoms with E-state index in [1.54, 1.807) is 0 Å². The first-order valence-electron chi connectivity index (χ1n) is 8.43. The van der Waals surface area contributed by atoms with Gasteiger partial charge in [-0.15, -0.1) is 10.2 Å². The van der Waals surface area contributed by atoms with Crippen LogP contribution in [0.5, 0.6) is 0 Å². The van der Waals surface area contributed by atoms with Crippen molar-refractivity contribution in [1.29, 1.82) is 0 Å². The lowest BCUT2D eigenvalue weighted by Gasteiger charge is -2.30. The molecule has 25 heavy (non-hydrogen) atoms. The Labute approximate surface area is 146 Å². The summed E-state index contributed by atoms with van der Waals surface area (Å²) in [6.45, 7) is 3.81. The van der Waals surface area contributed by atoms with Crippen molar-refractivity contribution in [1.82, 2.24) is 10.2 Å². The lowest BCUT2D eigenvalue weighted by Crippen LogP contribution is -2.36. The van der Waals surface area contributed by atoms with Crippen LogP contribution in [0.2, 0.25) is 0 Å². The van der Waals surface area contributed by atoms with E-state index >= 15 is 0 Å². The first-order chi connectivity index (χ1) is 12.4. The summed E-state index contributed by atoms with van der Waals surface area (Å²) in [6.07, 6.45) is 0. The largest absolute Gasteiger partial charge is 0.419 e. The van der Waals surface area contributed by atoms with Crippen LogP contribution in [0, 0.1) is 0 Å². The normalized spacial score (nSPS) is 14.5. The van der Waals surface area contributed by atoms with Crippen LogP contribution >= 0.6 is 0 Å². The molecule has 128 valence electrons. The van der Waals surface area contributed by atoms with E-state index in [0.29, 0.717) is 18.3 Å². The Hall–Kier alpha value is -2.86. The summed E-state index contributed by atoms with van der Waals surface area (Å²) >= 11 is 0. The van der Waals surface area contributed by atoms with Gasteiger partial charge in [0.15, 0.2) is 0 Å². The Morgan fingerprint density at radius 3 is 2.52 bits per heavy atom. The molecule has 2 heterocycles. The number of aromatic nitrogens is 2. The first kappa shape index (κ1) is 15.7. The van der Waals surface area contributed by atoms with Gasteiger partial charge in [-0.3, -0.25) is 0 Å². The fourth-order valence-corrected chi connectivity index (χ4v) is 2.90. The van der Waals surface area contributed by atoms with Gasteiger partial charge in [0.1, 0.15) is 0 Å². The van der Waals surface area contributed by atoms with Crippen LogP contribution < -0.4 is 10.2 Å². The van der Waals surface area contributed by atoms with Crippen molar-refractivity contribution in [2.24, 2.45) is 0 Å². The summed E-state index contributed by atoms with van der Waals surface area (Å²) in [5.41, 5.74) is 3.16. The number of hydrogen-bond acceptors (Lipinski definition) is 6. The fourth-order valence-electron chi connectivity index (χ4n) is 2.90. The lowest BCUT2D eigenvalue weighted by molar-refractivity contribution is 0.123. The Morgan fingerprint density at radius 1 is 0.920 bits per heavy atom. The lowest BCUT2D eigenvalue weighted by atomic mass is 10.2. The summed E-state index contributed by atoms with van der Waals surface area (Å²) in [5.74, 6) is 1.11. The molecular formula is C19H20N4O2. The van der Waals surface area contributed by atoms with E-state index < -0.39 is 0 Å². The number of nitrogens with one attached hydrogen (secondary N) is 1. The number of morpholine rings is 1. The summed E-state index contributed by atoms with van der Waals surface area (Å²) in [4.78, 5) is 2.33. The van der Waals surface area contributed by atoms with E-state index in [1.165, 1.54) is 5.69 Å². The second-order valence-electron chi connectivity index (χ2n) is 5.84. The molecule has 6 heteroatoms. The highest BCUT2D eigenvalue weighted by atomic mass is 16.5. The van der Waals surface area contributed by atoms with Crippen LogP contribution in [0.15, 0.2) is 59.0 Å². The molecule has 0 radical (unpaired) electrons. The molecule has 1 saturated heterocycles. The number of anilines is 2.